The number of non-ortho nitro benzene ring substituents is 1. The first kappa shape index (κ1) is 16.5. The molecule has 8 heteroatoms. The molecule has 0 bridgehead atoms. The number of nitrogens with zero attached hydrogens (tertiary/aromatic N) is 1. The Labute approximate surface area is 124 Å². The van der Waals surface area contributed by atoms with Gasteiger partial charge in [-0.25, -0.2) is 0 Å². The molecule has 0 heterocycles. The van der Waals surface area contributed by atoms with Gasteiger partial charge in [-0.3, -0.25) is 14.9 Å². The molecule has 110 valence electrons. The molecule has 0 unspecified atom stereocenters. The van der Waals surface area contributed by atoms with Crippen molar-refractivity contribution in [2.45, 2.75) is 6.42 Å². The van der Waals surface area contributed by atoms with Crippen molar-refractivity contribution in [3.8, 4) is 0 Å². The van der Waals surface area contributed by atoms with Gasteiger partial charge in [-0.2, -0.15) is 0 Å². The Kier molecular flexibility index (Phi) is 7.13. The smallest absolute Gasteiger partial charge is 0.271 e. The molecule has 0 atom stereocenters. The van der Waals surface area contributed by atoms with Crippen LogP contribution in [-0.2, 0) is 4.74 Å². The Morgan fingerprint density at radius 1 is 1.40 bits per heavy atom. The van der Waals surface area contributed by atoms with Crippen LogP contribution in [0.1, 0.15) is 16.8 Å². The van der Waals surface area contributed by atoms with Gasteiger partial charge in [-0.1, -0.05) is 15.9 Å². The highest BCUT2D eigenvalue weighted by Gasteiger charge is 2.13. The number of hydrogen-bond donors (Lipinski definition) is 2. The Morgan fingerprint density at radius 2 is 2.15 bits per heavy atom. The Balaban J connectivity index is 2.49. The second-order valence-corrected chi connectivity index (χ2v) is 4.82. The molecule has 0 saturated carbocycles. The highest BCUT2D eigenvalue weighted by atomic mass is 79.9. The van der Waals surface area contributed by atoms with Gasteiger partial charge < -0.3 is 15.2 Å². The number of aliphatic hydroxyl groups excluding tert-OH is 1. The third kappa shape index (κ3) is 5.64. The molecule has 1 rings (SSSR count). The van der Waals surface area contributed by atoms with Crippen molar-refractivity contribution < 1.29 is 19.6 Å². The summed E-state index contributed by atoms with van der Waals surface area (Å²) in [5.74, 6) is -0.378. The first-order valence-corrected chi connectivity index (χ1v) is 6.75. The van der Waals surface area contributed by atoms with Gasteiger partial charge in [0.05, 0.1) is 18.1 Å². The van der Waals surface area contributed by atoms with E-state index >= 15 is 0 Å². The Hall–Kier alpha value is -1.51. The number of nitro benzene ring substituents is 1. The van der Waals surface area contributed by atoms with Gasteiger partial charge in [-0.15, -0.1) is 0 Å². The van der Waals surface area contributed by atoms with Crippen LogP contribution in [0.5, 0.6) is 0 Å². The largest absolute Gasteiger partial charge is 0.394 e. The fourth-order valence-electron chi connectivity index (χ4n) is 1.46. The molecule has 2 N–H and O–H groups in total. The maximum Gasteiger partial charge on any atom is 0.271 e. The summed E-state index contributed by atoms with van der Waals surface area (Å²) in [5, 5.41) is 21.9. The van der Waals surface area contributed by atoms with Crippen LogP contribution >= 0.6 is 15.9 Å². The molecular formula is C12H15BrN2O5. The van der Waals surface area contributed by atoms with E-state index in [0.29, 0.717) is 24.0 Å². The number of benzene rings is 1. The summed E-state index contributed by atoms with van der Waals surface area (Å²) in [5.41, 5.74) is 0.0816. The fourth-order valence-corrected chi connectivity index (χ4v) is 1.94. The number of nitrogens with one attached hydrogen (secondary N) is 1. The van der Waals surface area contributed by atoms with E-state index in [-0.39, 0.29) is 30.4 Å². The van der Waals surface area contributed by atoms with E-state index in [4.69, 9.17) is 9.84 Å². The standard InChI is InChI=1S/C12H15BrN2O5/c13-10-6-9(7-11(8-10)15(18)19)12(17)14-2-1-4-20-5-3-16/h6-8,16H,1-5H2,(H,14,17). The van der Waals surface area contributed by atoms with Crippen molar-refractivity contribution in [2.75, 3.05) is 26.4 Å². The van der Waals surface area contributed by atoms with Crippen LogP contribution in [0.2, 0.25) is 0 Å². The molecule has 0 aliphatic heterocycles. The topological polar surface area (TPSA) is 102 Å². The van der Waals surface area contributed by atoms with Gasteiger partial charge in [0.2, 0.25) is 0 Å². The van der Waals surface area contributed by atoms with Gasteiger partial charge in [0.1, 0.15) is 0 Å². The van der Waals surface area contributed by atoms with E-state index in [0.717, 1.165) is 0 Å². The van der Waals surface area contributed by atoms with Crippen molar-refractivity contribution >= 4 is 27.5 Å². The Bertz CT molecular complexity index is 481. The SMILES string of the molecule is O=C(NCCCOCCO)c1cc(Br)cc([N+](=O)[O-])c1. The monoisotopic (exact) mass is 346 g/mol. The number of aliphatic hydroxyl groups is 1. The van der Waals surface area contributed by atoms with Crippen molar-refractivity contribution in [3.05, 3.63) is 38.3 Å². The first-order chi connectivity index (χ1) is 9.54. The lowest BCUT2D eigenvalue weighted by atomic mass is 10.2. The molecule has 0 aliphatic rings. The molecule has 0 aromatic heterocycles. The molecule has 20 heavy (non-hydrogen) atoms. The van der Waals surface area contributed by atoms with E-state index in [9.17, 15) is 14.9 Å². The molecular weight excluding hydrogens is 332 g/mol. The number of nitro groups is 1. The van der Waals surface area contributed by atoms with E-state index in [2.05, 4.69) is 21.2 Å². The molecule has 0 aliphatic carbocycles. The zero-order chi connectivity index (χ0) is 15.0. The molecule has 1 amide bonds. The normalized spacial score (nSPS) is 10.3. The molecule has 1 aromatic rings. The van der Waals surface area contributed by atoms with E-state index in [1.54, 1.807) is 0 Å². The van der Waals surface area contributed by atoms with Crippen LogP contribution in [0, 0.1) is 10.1 Å². The summed E-state index contributed by atoms with van der Waals surface area (Å²) in [4.78, 5) is 22.0. The molecule has 0 saturated heterocycles. The van der Waals surface area contributed by atoms with Crippen LogP contribution in [0.25, 0.3) is 0 Å². The van der Waals surface area contributed by atoms with Gasteiger partial charge in [0.15, 0.2) is 0 Å². The lowest BCUT2D eigenvalue weighted by Gasteiger charge is -2.06. The van der Waals surface area contributed by atoms with Crippen LogP contribution in [0.15, 0.2) is 22.7 Å². The van der Waals surface area contributed by atoms with Crippen molar-refractivity contribution in [2.24, 2.45) is 0 Å². The fraction of sp³-hybridized carbons (Fsp3) is 0.417. The predicted octanol–water partition coefficient (Wildman–Crippen LogP) is 1.49. The summed E-state index contributed by atoms with van der Waals surface area (Å²) < 4.78 is 5.52. The van der Waals surface area contributed by atoms with Gasteiger partial charge in [0, 0.05) is 35.3 Å². The average molecular weight is 347 g/mol. The number of rotatable bonds is 8. The lowest BCUT2D eigenvalue weighted by molar-refractivity contribution is -0.385. The Morgan fingerprint density at radius 3 is 2.80 bits per heavy atom. The van der Waals surface area contributed by atoms with Gasteiger partial charge in [0.25, 0.3) is 11.6 Å². The summed E-state index contributed by atoms with van der Waals surface area (Å²) in [6, 6.07) is 4.08. The number of hydrogen-bond acceptors (Lipinski definition) is 5. The summed E-state index contributed by atoms with van der Waals surface area (Å²) >= 11 is 3.13. The second-order valence-electron chi connectivity index (χ2n) is 3.90. The third-order valence-electron chi connectivity index (χ3n) is 2.34. The predicted molar refractivity (Wildman–Crippen MR) is 75.7 cm³/mol. The van der Waals surface area contributed by atoms with Crippen LogP contribution in [-0.4, -0.2) is 42.3 Å². The van der Waals surface area contributed by atoms with Crippen molar-refractivity contribution in [3.63, 3.8) is 0 Å². The number of ether oxygens (including phenoxy) is 1. The average Bonchev–Trinajstić information content (AvgIpc) is 2.41. The van der Waals surface area contributed by atoms with Crippen LogP contribution < -0.4 is 5.32 Å². The zero-order valence-corrected chi connectivity index (χ0v) is 12.3. The minimum absolute atomic E-state index is 0.0337. The molecule has 0 fully saturated rings. The highest BCUT2D eigenvalue weighted by Crippen LogP contribution is 2.21. The van der Waals surface area contributed by atoms with E-state index in [1.165, 1.54) is 18.2 Å². The maximum atomic E-state index is 11.8. The quantitative estimate of drug-likeness (QED) is 0.421. The van der Waals surface area contributed by atoms with E-state index < -0.39 is 4.92 Å². The zero-order valence-electron chi connectivity index (χ0n) is 10.7. The molecule has 1 aromatic carbocycles. The van der Waals surface area contributed by atoms with Gasteiger partial charge >= 0.3 is 0 Å². The minimum atomic E-state index is -0.551. The van der Waals surface area contributed by atoms with Crippen LogP contribution in [0.3, 0.4) is 0 Å². The molecule has 7 nitrogen and oxygen atoms in total. The summed E-state index contributed by atoms with van der Waals surface area (Å²) in [6.45, 7) is 1.06. The summed E-state index contributed by atoms with van der Waals surface area (Å²) in [6.07, 6.45) is 0.599. The number of carbonyl (C=O) groups is 1. The first-order valence-electron chi connectivity index (χ1n) is 5.96. The third-order valence-corrected chi connectivity index (χ3v) is 2.80. The van der Waals surface area contributed by atoms with E-state index in [1.807, 2.05) is 0 Å². The van der Waals surface area contributed by atoms with Crippen molar-refractivity contribution in [1.82, 2.24) is 5.32 Å². The number of halogens is 1. The van der Waals surface area contributed by atoms with Crippen molar-refractivity contribution in [1.29, 1.82) is 0 Å². The maximum absolute atomic E-state index is 11.8. The molecule has 0 spiro atoms. The highest BCUT2D eigenvalue weighted by molar-refractivity contribution is 9.10. The van der Waals surface area contributed by atoms with Gasteiger partial charge in [-0.05, 0) is 12.5 Å². The lowest BCUT2D eigenvalue weighted by Crippen LogP contribution is -2.25. The number of amides is 1. The second kappa shape index (κ2) is 8.62. The van der Waals surface area contributed by atoms with Crippen LogP contribution in [0.4, 0.5) is 5.69 Å². The minimum Gasteiger partial charge on any atom is -0.394 e. The molecule has 0 radical (unpaired) electrons. The summed E-state index contributed by atoms with van der Waals surface area (Å²) in [7, 11) is 0. The number of carbonyl (C=O) groups excluding carboxylic acids is 1.